The molecule has 0 N–H and O–H groups in total. The maximum atomic E-state index is 2.44. The number of benzene rings is 6. The van der Waals surface area contributed by atoms with Crippen LogP contribution in [0.1, 0.15) is 33.4 Å². The minimum atomic E-state index is 0.221. The minimum absolute atomic E-state index is 0.221. The Hall–Kier alpha value is -4.03. The molecule has 6 aromatic rings. The highest BCUT2D eigenvalue weighted by Crippen LogP contribution is 2.37. The minimum Gasteiger partial charge on any atom is -0.0663 e. The van der Waals surface area contributed by atoms with Crippen molar-refractivity contribution in [3.8, 4) is 11.1 Å². The Labute approximate surface area is 238 Å². The second kappa shape index (κ2) is 8.24. The van der Waals surface area contributed by atoms with E-state index in [-0.39, 0.29) is 13.4 Å². The Balaban J connectivity index is 1.58. The van der Waals surface area contributed by atoms with Gasteiger partial charge < -0.3 is 0 Å². The largest absolute Gasteiger partial charge is 0.243 e. The first-order valence-electron chi connectivity index (χ1n) is 14.6. The lowest BCUT2D eigenvalue weighted by molar-refractivity contribution is 1.35. The summed E-state index contributed by atoms with van der Waals surface area (Å²) in [6.45, 7) is 14.1. The summed E-state index contributed by atoms with van der Waals surface area (Å²) in [7, 11) is 0. The second-order valence-corrected chi connectivity index (χ2v) is 12.4. The second-order valence-electron chi connectivity index (χ2n) is 12.4. The lowest BCUT2D eigenvalue weighted by atomic mass is 9.28. The first-order valence-corrected chi connectivity index (χ1v) is 14.6. The van der Waals surface area contributed by atoms with Crippen molar-refractivity contribution in [1.29, 1.82) is 0 Å². The highest BCUT2D eigenvalue weighted by molar-refractivity contribution is 7.03. The SMILES string of the molecule is Cc1cc(C)c(B2c3ccc4cccc5c4c3-c3c(ccc4cccc2c34)B5c2c(C)cc(C)cc2C)c(C)c1. The van der Waals surface area contributed by atoms with Gasteiger partial charge in [0.05, 0.1) is 0 Å². The number of hydrogen-bond acceptors (Lipinski definition) is 0. The van der Waals surface area contributed by atoms with Crippen molar-refractivity contribution in [2.24, 2.45) is 0 Å². The molecule has 0 unspecified atom stereocenters. The molecule has 0 bridgehead atoms. The molecule has 40 heavy (non-hydrogen) atoms. The molecule has 0 nitrogen and oxygen atoms in total. The predicted molar refractivity (Wildman–Crippen MR) is 178 cm³/mol. The van der Waals surface area contributed by atoms with Gasteiger partial charge in [-0.1, -0.05) is 151 Å². The Kier molecular flexibility index (Phi) is 4.91. The molecule has 8 rings (SSSR count). The molecule has 2 heteroatoms. The standard InChI is InChI=1S/C38H32B2/c1-21-17-23(3)37(24(4)18-21)39-29-11-7-9-27-14-16-32-36(33(27)29)35-31(39)15-13-28-10-8-12-30(34(28)35)40(32)38-25(5)19-22(2)20-26(38)6/h7-20H,1-6H3. The van der Waals surface area contributed by atoms with Gasteiger partial charge in [0, 0.05) is 0 Å². The molecular formula is C38H32B2. The number of rotatable bonds is 2. The molecular weight excluding hydrogens is 478 g/mol. The van der Waals surface area contributed by atoms with Crippen molar-refractivity contribution in [2.75, 3.05) is 0 Å². The zero-order valence-electron chi connectivity index (χ0n) is 24.2. The molecule has 0 aliphatic carbocycles. The zero-order chi connectivity index (χ0) is 27.4. The smallest absolute Gasteiger partial charge is 0.0663 e. The van der Waals surface area contributed by atoms with Gasteiger partial charge in [0.15, 0.2) is 0 Å². The van der Waals surface area contributed by atoms with Crippen molar-refractivity contribution in [2.45, 2.75) is 41.5 Å². The first-order chi connectivity index (χ1) is 19.3. The molecule has 2 aliphatic heterocycles. The number of aryl methyl sites for hydroxylation is 6. The molecule has 0 atom stereocenters. The fraction of sp³-hybridized carbons (Fsp3) is 0.158. The topological polar surface area (TPSA) is 0 Å². The van der Waals surface area contributed by atoms with E-state index in [0.29, 0.717) is 0 Å². The molecule has 0 saturated carbocycles. The summed E-state index contributed by atoms with van der Waals surface area (Å²) in [4.78, 5) is 0. The summed E-state index contributed by atoms with van der Waals surface area (Å²) >= 11 is 0. The third-order valence-corrected chi connectivity index (χ3v) is 9.77. The first kappa shape index (κ1) is 23.8. The van der Waals surface area contributed by atoms with E-state index in [0.717, 1.165) is 0 Å². The van der Waals surface area contributed by atoms with E-state index >= 15 is 0 Å². The Morgan fingerprint density at radius 2 is 0.775 bits per heavy atom. The van der Waals surface area contributed by atoms with Gasteiger partial charge in [-0.2, -0.15) is 0 Å². The van der Waals surface area contributed by atoms with Crippen molar-refractivity contribution in [1.82, 2.24) is 0 Å². The summed E-state index contributed by atoms with van der Waals surface area (Å²) in [6.07, 6.45) is 0. The van der Waals surface area contributed by atoms with E-state index in [9.17, 15) is 0 Å². The van der Waals surface area contributed by atoms with E-state index in [1.165, 1.54) is 98.8 Å². The summed E-state index contributed by atoms with van der Waals surface area (Å²) in [6, 6.07) is 33.1. The third-order valence-electron chi connectivity index (χ3n) is 9.77. The van der Waals surface area contributed by atoms with Crippen LogP contribution in [0, 0.1) is 41.5 Å². The maximum absolute atomic E-state index is 2.44. The molecule has 2 aliphatic rings. The van der Waals surface area contributed by atoms with E-state index in [4.69, 9.17) is 0 Å². The summed E-state index contributed by atoms with van der Waals surface area (Å²) in [5, 5.41) is 5.60. The van der Waals surface area contributed by atoms with E-state index in [1.807, 2.05) is 0 Å². The summed E-state index contributed by atoms with van der Waals surface area (Å²) in [5.74, 6) is 0. The predicted octanol–water partition coefficient (Wildman–Crippen LogP) is 5.17. The lowest BCUT2D eigenvalue weighted by Crippen LogP contribution is -2.61. The van der Waals surface area contributed by atoms with Crippen LogP contribution in [0.15, 0.2) is 84.9 Å². The average Bonchev–Trinajstić information content (AvgIpc) is 2.91. The van der Waals surface area contributed by atoms with Crippen LogP contribution in [0.5, 0.6) is 0 Å². The van der Waals surface area contributed by atoms with Crippen LogP contribution in [0.2, 0.25) is 0 Å². The Morgan fingerprint density at radius 3 is 1.15 bits per heavy atom. The van der Waals surface area contributed by atoms with Crippen LogP contribution >= 0.6 is 0 Å². The van der Waals surface area contributed by atoms with Gasteiger partial charge in [0.2, 0.25) is 13.4 Å². The third kappa shape index (κ3) is 3.05. The van der Waals surface area contributed by atoms with Crippen molar-refractivity contribution in [3.05, 3.63) is 118 Å². The van der Waals surface area contributed by atoms with Crippen molar-refractivity contribution >= 4 is 67.7 Å². The Morgan fingerprint density at radius 1 is 0.400 bits per heavy atom. The van der Waals surface area contributed by atoms with Crippen LogP contribution in [0.25, 0.3) is 32.7 Å². The highest BCUT2D eigenvalue weighted by atomic mass is 14.3. The van der Waals surface area contributed by atoms with Gasteiger partial charge in [-0.3, -0.25) is 0 Å². The highest BCUT2D eigenvalue weighted by Gasteiger charge is 2.41. The maximum Gasteiger partial charge on any atom is 0.243 e. The molecule has 0 spiro atoms. The van der Waals surface area contributed by atoms with Gasteiger partial charge in [0.25, 0.3) is 0 Å². The average molecular weight is 510 g/mol. The fourth-order valence-corrected chi connectivity index (χ4v) is 8.60. The molecule has 0 fully saturated rings. The molecule has 2 heterocycles. The molecule has 0 radical (unpaired) electrons. The molecule has 0 saturated heterocycles. The van der Waals surface area contributed by atoms with Crippen molar-refractivity contribution in [3.63, 3.8) is 0 Å². The Bertz CT molecular complexity index is 1880. The molecule has 6 aromatic carbocycles. The van der Waals surface area contributed by atoms with Crippen LogP contribution in [-0.4, -0.2) is 13.4 Å². The summed E-state index contributed by atoms with van der Waals surface area (Å²) in [5.41, 5.74) is 19.9. The van der Waals surface area contributed by atoms with Crippen LogP contribution in [-0.2, 0) is 0 Å². The normalized spacial score (nSPS) is 13.2. The van der Waals surface area contributed by atoms with Gasteiger partial charge >= 0.3 is 0 Å². The van der Waals surface area contributed by atoms with E-state index in [1.54, 1.807) is 0 Å². The summed E-state index contributed by atoms with van der Waals surface area (Å²) < 4.78 is 0. The van der Waals surface area contributed by atoms with E-state index < -0.39 is 0 Å². The molecule has 190 valence electrons. The molecule has 0 amide bonds. The van der Waals surface area contributed by atoms with Crippen LogP contribution in [0.3, 0.4) is 0 Å². The van der Waals surface area contributed by atoms with Gasteiger partial charge in [0.1, 0.15) is 0 Å². The molecule has 0 aromatic heterocycles. The van der Waals surface area contributed by atoms with Gasteiger partial charge in [-0.15, -0.1) is 0 Å². The lowest BCUT2D eigenvalue weighted by Gasteiger charge is -2.37. The van der Waals surface area contributed by atoms with Crippen LogP contribution < -0.4 is 32.8 Å². The van der Waals surface area contributed by atoms with Gasteiger partial charge in [-0.25, -0.2) is 0 Å². The fourth-order valence-electron chi connectivity index (χ4n) is 8.60. The van der Waals surface area contributed by atoms with Crippen LogP contribution in [0.4, 0.5) is 0 Å². The van der Waals surface area contributed by atoms with E-state index in [2.05, 4.69) is 126 Å². The van der Waals surface area contributed by atoms with Crippen molar-refractivity contribution < 1.29 is 0 Å². The monoisotopic (exact) mass is 510 g/mol. The quantitative estimate of drug-likeness (QED) is 0.282. The number of hydrogen-bond donors (Lipinski definition) is 0. The zero-order valence-corrected chi connectivity index (χ0v) is 24.2. The van der Waals surface area contributed by atoms with Gasteiger partial charge in [-0.05, 0) is 74.2 Å².